The number of aryl methyl sites for hydroxylation is 2. The second kappa shape index (κ2) is 6.57. The molecule has 5 rings (SSSR count). The van der Waals surface area contributed by atoms with Gasteiger partial charge in [0.1, 0.15) is 0 Å². The molecule has 0 bridgehead atoms. The topological polar surface area (TPSA) is 31.6 Å². The monoisotopic (exact) mass is 384 g/mol. The van der Waals surface area contributed by atoms with Crippen LogP contribution in [0.4, 0.5) is 0 Å². The van der Waals surface area contributed by atoms with Gasteiger partial charge < -0.3 is 9.97 Å². The lowest BCUT2D eigenvalue weighted by Gasteiger charge is -2.18. The molecule has 2 heterocycles. The number of aromatic nitrogens is 2. The first-order valence-electron chi connectivity index (χ1n) is 9.52. The highest BCUT2D eigenvalue weighted by Gasteiger charge is 2.23. The molecule has 0 amide bonds. The summed E-state index contributed by atoms with van der Waals surface area (Å²) in [6.45, 7) is 4.30. The highest BCUT2D eigenvalue weighted by atomic mass is 35.5. The van der Waals surface area contributed by atoms with Crippen LogP contribution in [-0.2, 0) is 0 Å². The second-order valence-electron chi connectivity index (χ2n) is 7.47. The van der Waals surface area contributed by atoms with Gasteiger partial charge in [-0.15, -0.1) is 0 Å². The number of nitrogens with one attached hydrogen (secondary N) is 2. The van der Waals surface area contributed by atoms with E-state index in [-0.39, 0.29) is 5.92 Å². The third-order valence-corrected chi connectivity index (χ3v) is 5.99. The number of para-hydroxylation sites is 2. The van der Waals surface area contributed by atoms with Crippen LogP contribution in [-0.4, -0.2) is 9.97 Å². The average Bonchev–Trinajstić information content (AvgIpc) is 3.31. The fourth-order valence-corrected chi connectivity index (χ4v) is 4.44. The minimum Gasteiger partial charge on any atom is -0.361 e. The van der Waals surface area contributed by atoms with Crippen LogP contribution in [0.25, 0.3) is 21.8 Å². The van der Waals surface area contributed by atoms with E-state index in [0.29, 0.717) is 0 Å². The Morgan fingerprint density at radius 1 is 0.679 bits per heavy atom. The molecular formula is C25H21ClN2. The van der Waals surface area contributed by atoms with Crippen molar-refractivity contribution in [3.63, 3.8) is 0 Å². The number of halogens is 1. The molecule has 2 aromatic heterocycles. The molecule has 2 N–H and O–H groups in total. The Labute approximate surface area is 169 Å². The van der Waals surface area contributed by atoms with Gasteiger partial charge in [0.2, 0.25) is 0 Å². The van der Waals surface area contributed by atoms with Crippen molar-refractivity contribution in [3.05, 3.63) is 106 Å². The number of rotatable bonds is 3. The molecular weight excluding hydrogens is 364 g/mol. The molecule has 3 aromatic carbocycles. The lowest BCUT2D eigenvalue weighted by atomic mass is 9.84. The lowest BCUT2D eigenvalue weighted by Crippen LogP contribution is -2.02. The number of hydrogen-bond acceptors (Lipinski definition) is 0. The minimum atomic E-state index is 0.114. The third kappa shape index (κ3) is 2.64. The molecule has 0 radical (unpaired) electrons. The van der Waals surface area contributed by atoms with Crippen LogP contribution in [0.2, 0.25) is 5.02 Å². The molecule has 138 valence electrons. The van der Waals surface area contributed by atoms with Gasteiger partial charge in [-0.3, -0.25) is 0 Å². The quantitative estimate of drug-likeness (QED) is 0.332. The molecule has 0 unspecified atom stereocenters. The third-order valence-electron chi connectivity index (χ3n) is 5.74. The van der Waals surface area contributed by atoms with Crippen LogP contribution in [0.3, 0.4) is 0 Å². The maximum absolute atomic E-state index is 6.19. The predicted molar refractivity (Wildman–Crippen MR) is 118 cm³/mol. The van der Waals surface area contributed by atoms with Gasteiger partial charge in [-0.1, -0.05) is 60.1 Å². The van der Waals surface area contributed by atoms with Crippen LogP contribution < -0.4 is 0 Å². The maximum atomic E-state index is 6.19. The van der Waals surface area contributed by atoms with E-state index < -0.39 is 0 Å². The fraction of sp³-hybridized carbons (Fsp3) is 0.120. The standard InChI is InChI=1S/C25H21ClN2/c1-15-5-3-7-19-21(13-27-24(15)19)23(17-9-11-18(26)12-10-17)22-14-28-25-16(2)6-4-8-20(22)25/h3-14,23,27-28H,1-2H3. The van der Waals surface area contributed by atoms with Gasteiger partial charge in [-0.2, -0.15) is 0 Å². The van der Waals surface area contributed by atoms with Crippen LogP contribution in [0.1, 0.15) is 33.7 Å². The summed E-state index contributed by atoms with van der Waals surface area (Å²) in [7, 11) is 0. The van der Waals surface area contributed by atoms with Crippen molar-refractivity contribution in [2.24, 2.45) is 0 Å². The molecule has 0 aliphatic rings. The normalized spacial score (nSPS) is 11.7. The Morgan fingerprint density at radius 2 is 1.18 bits per heavy atom. The van der Waals surface area contributed by atoms with E-state index >= 15 is 0 Å². The Hall–Kier alpha value is -2.97. The van der Waals surface area contributed by atoms with Gasteiger partial charge in [0.05, 0.1) is 0 Å². The molecule has 3 heteroatoms. The van der Waals surface area contributed by atoms with Crippen molar-refractivity contribution < 1.29 is 0 Å². The number of benzene rings is 3. The van der Waals surface area contributed by atoms with Crippen molar-refractivity contribution in [1.82, 2.24) is 9.97 Å². The summed E-state index contributed by atoms with van der Waals surface area (Å²) < 4.78 is 0. The van der Waals surface area contributed by atoms with E-state index in [4.69, 9.17) is 11.6 Å². The van der Waals surface area contributed by atoms with Gasteiger partial charge in [0.25, 0.3) is 0 Å². The molecule has 0 atom stereocenters. The summed E-state index contributed by atoms with van der Waals surface area (Å²) in [4.78, 5) is 7.01. The lowest BCUT2D eigenvalue weighted by molar-refractivity contribution is 0.998. The summed E-state index contributed by atoms with van der Waals surface area (Å²) in [5, 5.41) is 3.29. The number of aromatic amines is 2. The van der Waals surface area contributed by atoms with Crippen LogP contribution in [0.15, 0.2) is 73.1 Å². The molecule has 5 aromatic rings. The van der Waals surface area contributed by atoms with Gasteiger partial charge in [0.15, 0.2) is 0 Å². The predicted octanol–water partition coefficient (Wildman–Crippen LogP) is 7.10. The fourth-order valence-electron chi connectivity index (χ4n) is 4.31. The molecule has 0 saturated carbocycles. The maximum Gasteiger partial charge on any atom is 0.0486 e. The Bertz CT molecular complexity index is 1210. The Morgan fingerprint density at radius 3 is 1.68 bits per heavy atom. The molecule has 0 saturated heterocycles. The van der Waals surface area contributed by atoms with Crippen molar-refractivity contribution in [1.29, 1.82) is 0 Å². The first-order chi connectivity index (χ1) is 13.6. The van der Waals surface area contributed by atoms with Crippen molar-refractivity contribution in [2.75, 3.05) is 0 Å². The van der Waals surface area contributed by atoms with Crippen LogP contribution >= 0.6 is 11.6 Å². The molecule has 0 aliphatic heterocycles. The zero-order valence-corrected chi connectivity index (χ0v) is 16.6. The Kier molecular flexibility index (Phi) is 4.03. The van der Waals surface area contributed by atoms with Gasteiger partial charge in [0, 0.05) is 45.1 Å². The van der Waals surface area contributed by atoms with Crippen LogP contribution in [0, 0.1) is 13.8 Å². The van der Waals surface area contributed by atoms with Crippen molar-refractivity contribution >= 4 is 33.4 Å². The van der Waals surface area contributed by atoms with Crippen LogP contribution in [0.5, 0.6) is 0 Å². The number of fused-ring (bicyclic) bond motifs is 2. The molecule has 28 heavy (non-hydrogen) atoms. The molecule has 0 spiro atoms. The van der Waals surface area contributed by atoms with Crippen molar-refractivity contribution in [2.45, 2.75) is 19.8 Å². The van der Waals surface area contributed by atoms with Gasteiger partial charge >= 0.3 is 0 Å². The SMILES string of the molecule is Cc1cccc2c(C(c3ccc(Cl)cc3)c3c[nH]c4c(C)cccc34)c[nH]c12. The molecule has 2 nitrogen and oxygen atoms in total. The summed E-state index contributed by atoms with van der Waals surface area (Å²) in [6, 6.07) is 21.2. The van der Waals surface area contributed by atoms with E-state index in [1.165, 1.54) is 49.6 Å². The molecule has 0 fully saturated rings. The Balaban J connectivity index is 1.81. The van der Waals surface area contributed by atoms with Gasteiger partial charge in [-0.05, 0) is 53.8 Å². The first-order valence-corrected chi connectivity index (χ1v) is 9.90. The van der Waals surface area contributed by atoms with E-state index in [0.717, 1.165) is 5.02 Å². The van der Waals surface area contributed by atoms with Gasteiger partial charge in [-0.25, -0.2) is 0 Å². The van der Waals surface area contributed by atoms with E-state index in [9.17, 15) is 0 Å². The summed E-state index contributed by atoms with van der Waals surface area (Å²) >= 11 is 6.19. The number of hydrogen-bond donors (Lipinski definition) is 2. The minimum absolute atomic E-state index is 0.114. The van der Waals surface area contributed by atoms with Crippen molar-refractivity contribution in [3.8, 4) is 0 Å². The highest BCUT2D eigenvalue weighted by molar-refractivity contribution is 6.30. The highest BCUT2D eigenvalue weighted by Crippen LogP contribution is 2.40. The first kappa shape index (κ1) is 17.2. The summed E-state index contributed by atoms with van der Waals surface area (Å²) in [6.07, 6.45) is 4.32. The smallest absolute Gasteiger partial charge is 0.0486 e. The van der Waals surface area contributed by atoms with E-state index in [1.54, 1.807) is 0 Å². The average molecular weight is 385 g/mol. The van der Waals surface area contributed by atoms with E-state index in [2.05, 4.69) is 84.7 Å². The number of H-pyrrole nitrogens is 2. The molecule has 0 aliphatic carbocycles. The largest absolute Gasteiger partial charge is 0.361 e. The second-order valence-corrected chi connectivity index (χ2v) is 7.90. The summed E-state index contributed by atoms with van der Waals surface area (Å²) in [5.41, 5.74) is 8.71. The summed E-state index contributed by atoms with van der Waals surface area (Å²) in [5.74, 6) is 0.114. The zero-order valence-electron chi connectivity index (χ0n) is 15.9. The van der Waals surface area contributed by atoms with E-state index in [1.807, 2.05) is 12.1 Å². The zero-order chi connectivity index (χ0) is 19.3.